The van der Waals surface area contributed by atoms with E-state index < -0.39 is 15.6 Å². The first-order chi connectivity index (χ1) is 9.72. The van der Waals surface area contributed by atoms with Gasteiger partial charge in [0.2, 0.25) is 10.0 Å². The number of amides is 1. The van der Waals surface area contributed by atoms with Crippen LogP contribution in [0.4, 0.5) is 0 Å². The van der Waals surface area contributed by atoms with Crippen LogP contribution in [-0.4, -0.2) is 43.8 Å². The van der Waals surface area contributed by atoms with Gasteiger partial charge in [0.05, 0.1) is 0 Å². The van der Waals surface area contributed by atoms with E-state index in [0.717, 1.165) is 24.2 Å². The lowest BCUT2D eigenvalue weighted by molar-refractivity contribution is 0.0947. The maximum Gasteiger partial charge on any atom is 0.262 e. The Morgan fingerprint density at radius 1 is 1.41 bits per heavy atom. The van der Waals surface area contributed by atoms with Crippen molar-refractivity contribution >= 4 is 39.7 Å². The van der Waals surface area contributed by atoms with Gasteiger partial charge in [0, 0.05) is 25.2 Å². The number of carbonyl (C=O) groups excluding carboxylic acids is 1. The van der Waals surface area contributed by atoms with Crippen molar-refractivity contribution in [3.8, 4) is 0 Å². The van der Waals surface area contributed by atoms with Crippen LogP contribution in [-0.2, 0) is 10.0 Å². The fourth-order valence-corrected chi connectivity index (χ4v) is 4.96. The van der Waals surface area contributed by atoms with Crippen molar-refractivity contribution in [3.63, 3.8) is 0 Å². The minimum atomic E-state index is -3.57. The molecule has 0 unspecified atom stereocenters. The molecule has 0 bridgehead atoms. The number of sulfonamides is 1. The number of hydrogen-bond acceptors (Lipinski definition) is 5. The van der Waals surface area contributed by atoms with Crippen LogP contribution in [0.2, 0.25) is 0 Å². The first-order valence-electron chi connectivity index (χ1n) is 6.86. The van der Waals surface area contributed by atoms with Gasteiger partial charge >= 0.3 is 0 Å². The first kappa shape index (κ1) is 19.4. The summed E-state index contributed by atoms with van der Waals surface area (Å²) >= 11 is 1.14. The number of rotatable bonds is 5. The molecule has 1 aromatic rings. The molecule has 6 nitrogen and oxygen atoms in total. The number of hydrogen-bond donors (Lipinski definition) is 2. The highest BCUT2D eigenvalue weighted by atomic mass is 35.5. The van der Waals surface area contributed by atoms with E-state index in [9.17, 15) is 13.2 Å². The van der Waals surface area contributed by atoms with Crippen LogP contribution in [0.3, 0.4) is 0 Å². The van der Waals surface area contributed by atoms with Crippen molar-refractivity contribution in [1.29, 1.82) is 0 Å². The molecule has 0 aromatic carbocycles. The minimum absolute atomic E-state index is 0. The Balaban J connectivity index is 0.00000242. The summed E-state index contributed by atoms with van der Waals surface area (Å²) in [4.78, 5) is 12.5. The van der Waals surface area contributed by atoms with Crippen LogP contribution in [0, 0.1) is 0 Å². The van der Waals surface area contributed by atoms with Gasteiger partial charge < -0.3 is 11.1 Å². The normalized spacial score (nSPS) is 16.3. The van der Waals surface area contributed by atoms with Gasteiger partial charge in [-0.25, -0.2) is 8.42 Å². The van der Waals surface area contributed by atoms with E-state index in [1.165, 1.54) is 10.4 Å². The average Bonchev–Trinajstić information content (AvgIpc) is 3.05. The fourth-order valence-electron chi connectivity index (χ4n) is 2.12. The van der Waals surface area contributed by atoms with Crippen molar-refractivity contribution in [2.75, 3.05) is 19.6 Å². The van der Waals surface area contributed by atoms with Crippen LogP contribution in [0.5, 0.6) is 0 Å². The Hall–Kier alpha value is -0.670. The zero-order valence-electron chi connectivity index (χ0n) is 12.7. The Bertz CT molecular complexity index is 617. The lowest BCUT2D eigenvalue weighted by Gasteiger charge is -2.19. The molecular weight excluding hydrogens is 346 g/mol. The third-order valence-electron chi connectivity index (χ3n) is 3.22. The second kappa shape index (κ2) is 7.27. The van der Waals surface area contributed by atoms with Crippen LogP contribution in [0.15, 0.2) is 16.3 Å². The average molecular weight is 368 g/mol. The molecule has 1 fully saturated rings. The van der Waals surface area contributed by atoms with Crippen LogP contribution in [0.1, 0.15) is 36.4 Å². The van der Waals surface area contributed by atoms with Crippen molar-refractivity contribution in [3.05, 3.63) is 16.3 Å². The highest BCUT2D eigenvalue weighted by molar-refractivity contribution is 7.89. The SMILES string of the molecule is CC(C)(N)CNC(=O)c1sccc1S(=O)(=O)N1CCCC1.Cl. The number of halogens is 1. The topological polar surface area (TPSA) is 92.5 Å². The Labute approximate surface area is 141 Å². The zero-order valence-corrected chi connectivity index (χ0v) is 15.1. The molecular formula is C13H22ClN3O3S2. The molecule has 22 heavy (non-hydrogen) atoms. The summed E-state index contributed by atoms with van der Waals surface area (Å²) < 4.78 is 26.5. The molecule has 1 aliphatic heterocycles. The monoisotopic (exact) mass is 367 g/mol. The predicted molar refractivity (Wildman–Crippen MR) is 90.2 cm³/mol. The highest BCUT2D eigenvalue weighted by Gasteiger charge is 2.31. The van der Waals surface area contributed by atoms with Crippen LogP contribution < -0.4 is 11.1 Å². The van der Waals surface area contributed by atoms with Crippen molar-refractivity contribution < 1.29 is 13.2 Å². The largest absolute Gasteiger partial charge is 0.349 e. The third-order valence-corrected chi connectivity index (χ3v) is 6.21. The summed E-state index contributed by atoms with van der Waals surface area (Å²) in [5, 5.41) is 4.32. The van der Waals surface area contributed by atoms with Crippen LogP contribution >= 0.6 is 23.7 Å². The molecule has 0 aliphatic carbocycles. The standard InChI is InChI=1S/C13H21N3O3S2.ClH/c1-13(2,14)9-15-12(17)11-10(5-8-20-11)21(18,19)16-6-3-4-7-16;/h5,8H,3-4,6-7,9,14H2,1-2H3,(H,15,17);1H. The lowest BCUT2D eigenvalue weighted by Crippen LogP contribution is -2.45. The van der Waals surface area contributed by atoms with E-state index in [1.54, 1.807) is 19.2 Å². The Morgan fingerprint density at radius 3 is 2.55 bits per heavy atom. The molecule has 0 saturated carbocycles. The Kier molecular flexibility index (Phi) is 6.40. The number of thiophene rings is 1. The van der Waals surface area contributed by atoms with Crippen molar-refractivity contribution in [2.45, 2.75) is 37.1 Å². The van der Waals surface area contributed by atoms with Gasteiger partial charge in [0.1, 0.15) is 9.77 Å². The van der Waals surface area contributed by atoms with Crippen molar-refractivity contribution in [1.82, 2.24) is 9.62 Å². The van der Waals surface area contributed by atoms with E-state index in [1.807, 2.05) is 0 Å². The molecule has 9 heteroatoms. The first-order valence-corrected chi connectivity index (χ1v) is 9.18. The van der Waals surface area contributed by atoms with Gasteiger partial charge in [-0.15, -0.1) is 23.7 Å². The van der Waals surface area contributed by atoms with Gasteiger partial charge in [0.15, 0.2) is 0 Å². The van der Waals surface area contributed by atoms with E-state index in [2.05, 4.69) is 5.32 Å². The molecule has 1 aliphatic rings. The molecule has 0 spiro atoms. The van der Waals surface area contributed by atoms with Gasteiger partial charge in [-0.05, 0) is 38.1 Å². The number of nitrogens with two attached hydrogens (primary N) is 1. The number of nitrogens with zero attached hydrogens (tertiary/aromatic N) is 1. The van der Waals surface area contributed by atoms with Gasteiger partial charge in [-0.1, -0.05) is 0 Å². The van der Waals surface area contributed by atoms with Gasteiger partial charge in [0.25, 0.3) is 5.91 Å². The number of carbonyl (C=O) groups is 1. The second-order valence-corrected chi connectivity index (χ2v) is 8.72. The van der Waals surface area contributed by atoms with Crippen molar-refractivity contribution in [2.24, 2.45) is 5.73 Å². The maximum atomic E-state index is 12.5. The Morgan fingerprint density at radius 2 is 2.00 bits per heavy atom. The predicted octanol–water partition coefficient (Wildman–Crippen LogP) is 1.42. The molecule has 1 aromatic heterocycles. The molecule has 3 N–H and O–H groups in total. The van der Waals surface area contributed by atoms with Gasteiger partial charge in [-0.2, -0.15) is 4.31 Å². The minimum Gasteiger partial charge on any atom is -0.349 e. The summed E-state index contributed by atoms with van der Waals surface area (Å²) in [6.45, 7) is 4.92. The molecule has 126 valence electrons. The molecule has 0 atom stereocenters. The van der Waals surface area contributed by atoms with Gasteiger partial charge in [-0.3, -0.25) is 4.79 Å². The smallest absolute Gasteiger partial charge is 0.262 e. The molecule has 2 rings (SSSR count). The summed E-state index contributed by atoms with van der Waals surface area (Å²) in [7, 11) is -3.57. The zero-order chi connectivity index (χ0) is 15.7. The maximum absolute atomic E-state index is 12.5. The third kappa shape index (κ3) is 4.42. The van der Waals surface area contributed by atoms with E-state index in [0.29, 0.717) is 13.1 Å². The van der Waals surface area contributed by atoms with E-state index in [-0.39, 0.29) is 34.6 Å². The second-order valence-electron chi connectivity index (χ2n) is 5.90. The summed E-state index contributed by atoms with van der Waals surface area (Å²) in [6, 6.07) is 1.50. The number of nitrogens with one attached hydrogen (secondary N) is 1. The highest BCUT2D eigenvalue weighted by Crippen LogP contribution is 2.27. The molecule has 1 amide bonds. The van der Waals surface area contributed by atoms with E-state index >= 15 is 0 Å². The summed E-state index contributed by atoms with van der Waals surface area (Å²) in [5.74, 6) is -0.388. The summed E-state index contributed by atoms with van der Waals surface area (Å²) in [5.41, 5.74) is 5.28. The van der Waals surface area contributed by atoms with E-state index in [4.69, 9.17) is 5.73 Å². The quantitative estimate of drug-likeness (QED) is 0.823. The lowest BCUT2D eigenvalue weighted by atomic mass is 10.1. The fraction of sp³-hybridized carbons (Fsp3) is 0.615. The van der Waals surface area contributed by atoms with Crippen LogP contribution in [0.25, 0.3) is 0 Å². The molecule has 2 heterocycles. The summed E-state index contributed by atoms with van der Waals surface area (Å²) in [6.07, 6.45) is 1.73. The molecule has 1 saturated heterocycles. The molecule has 0 radical (unpaired) electrons.